The monoisotopic (exact) mass is 302 g/mol. The summed E-state index contributed by atoms with van der Waals surface area (Å²) in [6, 6.07) is 2.34. The van der Waals surface area contributed by atoms with Crippen molar-refractivity contribution < 1.29 is 8.42 Å². The molecule has 0 radical (unpaired) electrons. The zero-order valence-corrected chi connectivity index (χ0v) is 13.4. The zero-order chi connectivity index (χ0) is 14.0. The van der Waals surface area contributed by atoms with Crippen LogP contribution in [0.3, 0.4) is 0 Å². The molecule has 0 aromatic carbocycles. The third kappa shape index (κ3) is 3.37. The summed E-state index contributed by atoms with van der Waals surface area (Å²) in [6.07, 6.45) is 1.93. The van der Waals surface area contributed by atoms with Crippen LogP contribution in [0.5, 0.6) is 0 Å². The molecule has 0 amide bonds. The van der Waals surface area contributed by atoms with Crippen LogP contribution in [0, 0.1) is 0 Å². The Morgan fingerprint density at radius 3 is 2.84 bits per heavy atom. The van der Waals surface area contributed by atoms with Gasteiger partial charge >= 0.3 is 0 Å². The second-order valence-electron chi connectivity index (χ2n) is 5.42. The Bertz CT molecular complexity index is 523. The van der Waals surface area contributed by atoms with Crippen molar-refractivity contribution in [3.05, 3.63) is 17.0 Å². The van der Waals surface area contributed by atoms with Crippen LogP contribution >= 0.6 is 11.3 Å². The molecule has 0 spiro atoms. The van der Waals surface area contributed by atoms with Crippen molar-refractivity contribution in [2.45, 2.75) is 56.5 Å². The molecule has 1 atom stereocenters. The van der Waals surface area contributed by atoms with Crippen LogP contribution in [0.25, 0.3) is 0 Å². The standard InChI is InChI=1S/C13H22N2O2S2/c1-10(2)14-8-12-7-13(18-9-12)19(16,17)15-6-4-5-11(15)3/h7,9-11,14H,4-6,8H2,1-3H3. The van der Waals surface area contributed by atoms with Gasteiger partial charge in [-0.2, -0.15) is 4.31 Å². The van der Waals surface area contributed by atoms with Crippen molar-refractivity contribution in [1.82, 2.24) is 9.62 Å². The summed E-state index contributed by atoms with van der Waals surface area (Å²) in [5, 5.41) is 5.24. The van der Waals surface area contributed by atoms with Crippen LogP contribution in [0.15, 0.2) is 15.7 Å². The molecule has 1 saturated heterocycles. The predicted molar refractivity (Wildman–Crippen MR) is 78.9 cm³/mol. The molecule has 108 valence electrons. The van der Waals surface area contributed by atoms with Gasteiger partial charge in [-0.05, 0) is 36.8 Å². The fourth-order valence-electron chi connectivity index (χ4n) is 2.28. The third-order valence-corrected chi connectivity index (χ3v) is 6.88. The zero-order valence-electron chi connectivity index (χ0n) is 11.7. The Balaban J connectivity index is 2.13. The van der Waals surface area contributed by atoms with E-state index in [0.717, 1.165) is 24.9 Å². The van der Waals surface area contributed by atoms with Gasteiger partial charge in [0.1, 0.15) is 4.21 Å². The molecule has 2 heterocycles. The lowest BCUT2D eigenvalue weighted by Gasteiger charge is -2.19. The maximum absolute atomic E-state index is 12.5. The summed E-state index contributed by atoms with van der Waals surface area (Å²) >= 11 is 1.33. The van der Waals surface area contributed by atoms with Gasteiger partial charge in [-0.1, -0.05) is 13.8 Å². The second-order valence-corrected chi connectivity index (χ2v) is 8.45. The maximum Gasteiger partial charge on any atom is 0.252 e. The van der Waals surface area contributed by atoms with Gasteiger partial charge < -0.3 is 5.32 Å². The molecule has 1 N–H and O–H groups in total. The quantitative estimate of drug-likeness (QED) is 0.909. The van der Waals surface area contributed by atoms with Crippen LogP contribution < -0.4 is 5.32 Å². The first-order valence-electron chi connectivity index (χ1n) is 6.74. The molecule has 1 fully saturated rings. The molecule has 1 unspecified atom stereocenters. The average Bonchev–Trinajstić information content (AvgIpc) is 2.95. The molecule has 19 heavy (non-hydrogen) atoms. The minimum atomic E-state index is -3.28. The van der Waals surface area contributed by atoms with Gasteiger partial charge in [-0.15, -0.1) is 11.3 Å². The summed E-state index contributed by atoms with van der Waals surface area (Å²) in [4.78, 5) is 0. The lowest BCUT2D eigenvalue weighted by Crippen LogP contribution is -2.33. The number of rotatable bonds is 5. The van der Waals surface area contributed by atoms with Gasteiger partial charge in [0.2, 0.25) is 0 Å². The molecule has 1 aromatic heterocycles. The van der Waals surface area contributed by atoms with E-state index in [1.807, 2.05) is 12.3 Å². The van der Waals surface area contributed by atoms with Crippen molar-refractivity contribution in [2.24, 2.45) is 0 Å². The van der Waals surface area contributed by atoms with Crippen molar-refractivity contribution in [2.75, 3.05) is 6.54 Å². The van der Waals surface area contributed by atoms with Crippen LogP contribution in [0.4, 0.5) is 0 Å². The first-order chi connectivity index (χ1) is 8.91. The average molecular weight is 302 g/mol. The first-order valence-corrected chi connectivity index (χ1v) is 9.06. The van der Waals surface area contributed by atoms with E-state index in [1.165, 1.54) is 11.3 Å². The van der Waals surface area contributed by atoms with E-state index in [0.29, 0.717) is 16.8 Å². The molecule has 6 heteroatoms. The van der Waals surface area contributed by atoms with Gasteiger partial charge in [0.25, 0.3) is 10.0 Å². The van der Waals surface area contributed by atoms with E-state index < -0.39 is 10.0 Å². The molecule has 1 aliphatic heterocycles. The maximum atomic E-state index is 12.5. The van der Waals surface area contributed by atoms with E-state index >= 15 is 0 Å². The normalized spacial score (nSPS) is 21.4. The Hall–Kier alpha value is -0.430. The minimum Gasteiger partial charge on any atom is -0.310 e. The van der Waals surface area contributed by atoms with Crippen LogP contribution in [0.1, 0.15) is 39.2 Å². The number of hydrogen-bond acceptors (Lipinski definition) is 4. The molecule has 4 nitrogen and oxygen atoms in total. The Kier molecular flexibility index (Phi) is 4.66. The predicted octanol–water partition coefficient (Wildman–Crippen LogP) is 2.42. The Morgan fingerprint density at radius 1 is 1.53 bits per heavy atom. The van der Waals surface area contributed by atoms with Crippen LogP contribution in [-0.4, -0.2) is 31.4 Å². The van der Waals surface area contributed by atoms with Crippen molar-refractivity contribution >= 4 is 21.4 Å². The van der Waals surface area contributed by atoms with Gasteiger partial charge in [-0.25, -0.2) is 8.42 Å². The highest BCUT2D eigenvalue weighted by atomic mass is 32.2. The molecule has 2 rings (SSSR count). The lowest BCUT2D eigenvalue weighted by atomic mass is 10.3. The van der Waals surface area contributed by atoms with E-state index in [-0.39, 0.29) is 6.04 Å². The van der Waals surface area contributed by atoms with E-state index in [9.17, 15) is 8.42 Å². The Labute approximate surface area is 119 Å². The summed E-state index contributed by atoms with van der Waals surface area (Å²) in [5.41, 5.74) is 1.05. The summed E-state index contributed by atoms with van der Waals surface area (Å²) in [6.45, 7) is 7.52. The van der Waals surface area contributed by atoms with Gasteiger partial charge in [0, 0.05) is 25.2 Å². The molecule has 0 aliphatic carbocycles. The molecule has 0 bridgehead atoms. The van der Waals surface area contributed by atoms with Crippen molar-refractivity contribution in [3.63, 3.8) is 0 Å². The van der Waals surface area contributed by atoms with Crippen LogP contribution in [-0.2, 0) is 16.6 Å². The summed E-state index contributed by atoms with van der Waals surface area (Å²) in [5.74, 6) is 0. The number of sulfonamides is 1. The molecular weight excluding hydrogens is 280 g/mol. The first kappa shape index (κ1) is 15.0. The second kappa shape index (κ2) is 5.91. The fraction of sp³-hybridized carbons (Fsp3) is 0.692. The smallest absolute Gasteiger partial charge is 0.252 e. The van der Waals surface area contributed by atoms with Crippen molar-refractivity contribution in [3.8, 4) is 0 Å². The molecule has 1 aromatic rings. The van der Waals surface area contributed by atoms with Crippen molar-refractivity contribution in [1.29, 1.82) is 0 Å². The highest BCUT2D eigenvalue weighted by Gasteiger charge is 2.33. The molecular formula is C13H22N2O2S2. The fourth-order valence-corrected chi connectivity index (χ4v) is 5.32. The van der Waals surface area contributed by atoms with Gasteiger partial charge in [-0.3, -0.25) is 0 Å². The van der Waals surface area contributed by atoms with Gasteiger partial charge in [0.15, 0.2) is 0 Å². The lowest BCUT2D eigenvalue weighted by molar-refractivity contribution is 0.409. The van der Waals surface area contributed by atoms with E-state index in [2.05, 4.69) is 19.2 Å². The number of nitrogens with zero attached hydrogens (tertiary/aromatic N) is 1. The molecule has 1 aliphatic rings. The number of thiophene rings is 1. The van der Waals surface area contributed by atoms with Gasteiger partial charge in [0.05, 0.1) is 0 Å². The Morgan fingerprint density at radius 2 is 2.26 bits per heavy atom. The summed E-state index contributed by atoms with van der Waals surface area (Å²) in [7, 11) is -3.28. The largest absolute Gasteiger partial charge is 0.310 e. The molecule has 0 saturated carbocycles. The van der Waals surface area contributed by atoms with E-state index in [4.69, 9.17) is 0 Å². The highest BCUT2D eigenvalue weighted by molar-refractivity contribution is 7.91. The minimum absolute atomic E-state index is 0.129. The van der Waals surface area contributed by atoms with E-state index in [1.54, 1.807) is 10.4 Å². The highest BCUT2D eigenvalue weighted by Crippen LogP contribution is 2.29. The number of hydrogen-bond donors (Lipinski definition) is 1. The van der Waals surface area contributed by atoms with Crippen LogP contribution in [0.2, 0.25) is 0 Å². The number of nitrogens with one attached hydrogen (secondary N) is 1. The summed E-state index contributed by atoms with van der Waals surface area (Å²) < 4.78 is 27.1. The third-order valence-electron chi connectivity index (χ3n) is 3.40. The SMILES string of the molecule is CC(C)NCc1csc(S(=O)(=O)N2CCCC2C)c1. The topological polar surface area (TPSA) is 49.4 Å².